The first kappa shape index (κ1) is 19.5. The second-order valence-electron chi connectivity index (χ2n) is 6.47. The lowest BCUT2D eigenvalue weighted by molar-refractivity contribution is 0.0951. The van der Waals surface area contributed by atoms with Crippen molar-refractivity contribution in [1.82, 2.24) is 10.3 Å². The van der Waals surface area contributed by atoms with Gasteiger partial charge >= 0.3 is 0 Å². The van der Waals surface area contributed by atoms with Gasteiger partial charge in [-0.25, -0.2) is 4.98 Å². The van der Waals surface area contributed by atoms with E-state index < -0.39 is 0 Å². The van der Waals surface area contributed by atoms with Crippen LogP contribution in [0.15, 0.2) is 77.1 Å². The van der Waals surface area contributed by atoms with E-state index in [1.807, 2.05) is 66.7 Å². The van der Waals surface area contributed by atoms with Gasteiger partial charge in [0.15, 0.2) is 4.34 Å². The smallest absolute Gasteiger partial charge is 0.251 e. The summed E-state index contributed by atoms with van der Waals surface area (Å²) in [5.41, 5.74) is 3.87. The number of hydrogen-bond acceptors (Lipinski definition) is 5. The molecule has 4 rings (SSSR count). The van der Waals surface area contributed by atoms with Gasteiger partial charge in [0, 0.05) is 17.9 Å². The molecule has 0 bridgehead atoms. The molecule has 0 atom stereocenters. The Kier molecular flexibility index (Phi) is 6.12. The van der Waals surface area contributed by atoms with Gasteiger partial charge < -0.3 is 10.1 Å². The third-order valence-electron chi connectivity index (χ3n) is 4.44. The van der Waals surface area contributed by atoms with Crippen molar-refractivity contribution in [2.75, 3.05) is 7.11 Å². The molecule has 29 heavy (non-hydrogen) atoms. The average molecular weight is 421 g/mol. The number of amides is 1. The van der Waals surface area contributed by atoms with Crippen molar-refractivity contribution in [3.8, 4) is 5.75 Å². The highest BCUT2D eigenvalue weighted by Gasteiger charge is 2.07. The Balaban J connectivity index is 1.32. The Morgan fingerprint density at radius 1 is 1.03 bits per heavy atom. The van der Waals surface area contributed by atoms with Crippen LogP contribution in [0.4, 0.5) is 0 Å². The number of hydrogen-bond donors (Lipinski definition) is 1. The van der Waals surface area contributed by atoms with Crippen molar-refractivity contribution >= 4 is 39.2 Å². The first-order valence-electron chi connectivity index (χ1n) is 9.20. The van der Waals surface area contributed by atoms with Gasteiger partial charge in [0.25, 0.3) is 5.91 Å². The number of benzene rings is 3. The number of thioether (sulfide) groups is 1. The highest BCUT2D eigenvalue weighted by molar-refractivity contribution is 8.00. The molecular formula is C23H20N2O2S2. The number of aromatic nitrogens is 1. The summed E-state index contributed by atoms with van der Waals surface area (Å²) >= 11 is 3.43. The second-order valence-corrected chi connectivity index (χ2v) is 8.72. The van der Waals surface area contributed by atoms with Gasteiger partial charge in [0.2, 0.25) is 0 Å². The highest BCUT2D eigenvalue weighted by Crippen LogP contribution is 2.31. The number of methoxy groups -OCH3 is 1. The zero-order valence-corrected chi connectivity index (χ0v) is 17.6. The van der Waals surface area contributed by atoms with Crippen LogP contribution >= 0.6 is 23.1 Å². The predicted octanol–water partition coefficient (Wildman–Crippen LogP) is 5.53. The number of nitrogens with zero attached hydrogens (tertiary/aromatic N) is 1. The zero-order valence-electron chi connectivity index (χ0n) is 15.9. The molecule has 3 aromatic carbocycles. The van der Waals surface area contributed by atoms with E-state index in [-0.39, 0.29) is 5.91 Å². The van der Waals surface area contributed by atoms with Crippen LogP contribution in [0.25, 0.3) is 10.2 Å². The number of ether oxygens (including phenoxy) is 1. The molecule has 0 unspecified atom stereocenters. The molecule has 1 heterocycles. The number of carbonyl (C=O) groups excluding carboxylic acids is 1. The van der Waals surface area contributed by atoms with E-state index in [0.717, 1.165) is 26.9 Å². The highest BCUT2D eigenvalue weighted by atomic mass is 32.2. The molecule has 0 aliphatic rings. The lowest BCUT2D eigenvalue weighted by atomic mass is 10.1. The van der Waals surface area contributed by atoms with Gasteiger partial charge in [-0.15, -0.1) is 11.3 Å². The fourth-order valence-electron chi connectivity index (χ4n) is 2.88. The monoisotopic (exact) mass is 420 g/mol. The average Bonchev–Trinajstić information content (AvgIpc) is 3.19. The van der Waals surface area contributed by atoms with Crippen LogP contribution in [0, 0.1) is 0 Å². The van der Waals surface area contributed by atoms with Crippen molar-refractivity contribution in [2.45, 2.75) is 16.6 Å². The van der Waals surface area contributed by atoms with Crippen molar-refractivity contribution in [2.24, 2.45) is 0 Å². The molecule has 0 spiro atoms. The van der Waals surface area contributed by atoms with E-state index in [1.165, 1.54) is 10.3 Å². The molecule has 1 N–H and O–H groups in total. The Morgan fingerprint density at radius 2 is 1.86 bits per heavy atom. The fraction of sp³-hybridized carbons (Fsp3) is 0.130. The molecule has 6 heteroatoms. The minimum atomic E-state index is -0.0850. The molecule has 1 aromatic heterocycles. The third-order valence-corrected chi connectivity index (χ3v) is 6.69. The van der Waals surface area contributed by atoms with Crippen LogP contribution in [0.5, 0.6) is 5.75 Å². The maximum absolute atomic E-state index is 12.4. The first-order chi connectivity index (χ1) is 14.2. The molecule has 0 aliphatic carbocycles. The van der Waals surface area contributed by atoms with Crippen molar-refractivity contribution in [3.63, 3.8) is 0 Å². The van der Waals surface area contributed by atoms with E-state index >= 15 is 0 Å². The van der Waals surface area contributed by atoms with Gasteiger partial charge in [-0.1, -0.05) is 48.2 Å². The quantitative estimate of drug-likeness (QED) is 0.400. The van der Waals surface area contributed by atoms with E-state index in [1.54, 1.807) is 30.2 Å². The first-order valence-corrected chi connectivity index (χ1v) is 11.0. The summed E-state index contributed by atoms with van der Waals surface area (Å²) in [6.45, 7) is 0.464. The summed E-state index contributed by atoms with van der Waals surface area (Å²) in [4.78, 5) is 17.1. The number of thiazole rings is 1. The molecule has 4 nitrogen and oxygen atoms in total. The summed E-state index contributed by atoms with van der Waals surface area (Å²) in [6.07, 6.45) is 0. The molecule has 0 aliphatic heterocycles. The van der Waals surface area contributed by atoms with E-state index in [2.05, 4.69) is 16.4 Å². The maximum atomic E-state index is 12.4. The summed E-state index contributed by atoms with van der Waals surface area (Å²) in [5.74, 6) is 1.52. The van der Waals surface area contributed by atoms with Gasteiger partial charge in [0.1, 0.15) is 5.75 Å². The van der Waals surface area contributed by atoms with Gasteiger partial charge in [-0.3, -0.25) is 4.79 Å². The van der Waals surface area contributed by atoms with Crippen LogP contribution in [0.1, 0.15) is 21.5 Å². The number of nitrogens with one attached hydrogen (secondary N) is 1. The van der Waals surface area contributed by atoms with Crippen LogP contribution < -0.4 is 10.1 Å². The topological polar surface area (TPSA) is 51.2 Å². The number of carbonyl (C=O) groups is 1. The molecule has 4 aromatic rings. The molecular weight excluding hydrogens is 400 g/mol. The maximum Gasteiger partial charge on any atom is 0.251 e. The zero-order chi connectivity index (χ0) is 20.1. The van der Waals surface area contributed by atoms with Gasteiger partial charge in [-0.2, -0.15) is 0 Å². The lowest BCUT2D eigenvalue weighted by Gasteiger charge is -2.07. The SMILES string of the molecule is COc1cccc(CNC(=O)c2ccc(CSc3nc4ccccc4s3)cc2)c1. The van der Waals surface area contributed by atoms with Gasteiger partial charge in [0.05, 0.1) is 17.3 Å². The minimum absolute atomic E-state index is 0.0850. The van der Waals surface area contributed by atoms with Crippen LogP contribution in [-0.2, 0) is 12.3 Å². The molecule has 0 saturated carbocycles. The van der Waals surface area contributed by atoms with Crippen LogP contribution in [0.3, 0.4) is 0 Å². The van der Waals surface area contributed by atoms with E-state index in [0.29, 0.717) is 12.1 Å². The van der Waals surface area contributed by atoms with Crippen LogP contribution in [-0.4, -0.2) is 18.0 Å². The Hall–Kier alpha value is -2.83. The van der Waals surface area contributed by atoms with Crippen molar-refractivity contribution in [3.05, 3.63) is 89.5 Å². The molecule has 0 fully saturated rings. The normalized spacial score (nSPS) is 10.8. The Labute approximate surface area is 177 Å². The summed E-state index contributed by atoms with van der Waals surface area (Å²) < 4.78 is 7.48. The van der Waals surface area contributed by atoms with Crippen molar-refractivity contribution < 1.29 is 9.53 Å². The van der Waals surface area contributed by atoms with E-state index in [4.69, 9.17) is 4.74 Å². The number of para-hydroxylation sites is 1. The molecule has 0 saturated heterocycles. The van der Waals surface area contributed by atoms with E-state index in [9.17, 15) is 4.79 Å². The van der Waals surface area contributed by atoms with Crippen molar-refractivity contribution in [1.29, 1.82) is 0 Å². The van der Waals surface area contributed by atoms with Gasteiger partial charge in [-0.05, 0) is 47.5 Å². The van der Waals surface area contributed by atoms with Crippen LogP contribution in [0.2, 0.25) is 0 Å². The predicted molar refractivity (Wildman–Crippen MR) is 120 cm³/mol. The summed E-state index contributed by atoms with van der Waals surface area (Å²) in [5, 5.41) is 2.95. The Morgan fingerprint density at radius 3 is 2.66 bits per heavy atom. The lowest BCUT2D eigenvalue weighted by Crippen LogP contribution is -2.22. The third kappa shape index (κ3) is 4.96. The number of fused-ring (bicyclic) bond motifs is 1. The standard InChI is InChI=1S/C23H20N2O2S2/c1-27-19-6-4-5-17(13-19)14-24-22(26)18-11-9-16(10-12-18)15-28-23-25-20-7-2-3-8-21(20)29-23/h2-13H,14-15H2,1H3,(H,24,26). The largest absolute Gasteiger partial charge is 0.497 e. The summed E-state index contributed by atoms with van der Waals surface area (Å²) in [7, 11) is 1.63. The summed E-state index contributed by atoms with van der Waals surface area (Å²) in [6, 6.07) is 23.6. The number of rotatable bonds is 7. The molecule has 146 valence electrons. The second kappa shape index (κ2) is 9.11. The minimum Gasteiger partial charge on any atom is -0.497 e. The molecule has 1 amide bonds. The molecule has 0 radical (unpaired) electrons. The Bertz CT molecular complexity index is 1090. The fourth-order valence-corrected chi connectivity index (χ4v) is 4.90.